The Labute approximate surface area is 147 Å². The molecule has 1 atom stereocenters. The number of alkyl halides is 2. The molecule has 132 valence electrons. The quantitative estimate of drug-likeness (QED) is 0.722. The summed E-state index contributed by atoms with van der Waals surface area (Å²) >= 11 is 0. The zero-order valence-electron chi connectivity index (χ0n) is 13.9. The van der Waals surface area contributed by atoms with Crippen LogP contribution in [0.1, 0.15) is 12.0 Å². The molecule has 0 aliphatic heterocycles. The second kappa shape index (κ2) is 5.83. The predicted octanol–water partition coefficient (Wildman–Crippen LogP) is 4.94. The third-order valence-electron chi connectivity index (χ3n) is 4.63. The van der Waals surface area contributed by atoms with Gasteiger partial charge in [0, 0.05) is 18.0 Å². The number of aromatic nitrogens is 1. The maximum atomic E-state index is 13.5. The zero-order chi connectivity index (χ0) is 18.5. The SMILES string of the molecule is Cc1ccc(F)cc1-c1ccc2cc(NC(=O)[C@H]3CC3(F)F)ncc2c1. The molecule has 26 heavy (non-hydrogen) atoms. The summed E-state index contributed by atoms with van der Waals surface area (Å²) in [6.07, 6.45) is 1.15. The molecule has 1 heterocycles. The number of fused-ring (bicyclic) bond motifs is 1. The molecule has 0 unspecified atom stereocenters. The average molecular weight is 356 g/mol. The minimum atomic E-state index is -2.90. The molecular formula is C20H15F3N2O. The number of rotatable bonds is 3. The second-order valence-corrected chi connectivity index (χ2v) is 6.60. The highest BCUT2D eigenvalue weighted by molar-refractivity contribution is 5.96. The Morgan fingerprint density at radius 3 is 2.65 bits per heavy atom. The lowest BCUT2D eigenvalue weighted by Crippen LogP contribution is -2.18. The van der Waals surface area contributed by atoms with E-state index in [1.807, 2.05) is 25.1 Å². The lowest BCUT2D eigenvalue weighted by Gasteiger charge is -2.09. The molecule has 1 aromatic heterocycles. The third kappa shape index (κ3) is 3.03. The van der Waals surface area contributed by atoms with Gasteiger partial charge in [-0.15, -0.1) is 0 Å². The van der Waals surface area contributed by atoms with Crippen molar-refractivity contribution in [3.05, 3.63) is 60.0 Å². The smallest absolute Gasteiger partial charge is 0.260 e. The summed E-state index contributed by atoms with van der Waals surface area (Å²) in [5.74, 6) is -4.95. The number of carbonyl (C=O) groups excluding carboxylic acids is 1. The van der Waals surface area contributed by atoms with E-state index in [-0.39, 0.29) is 11.6 Å². The van der Waals surface area contributed by atoms with Crippen molar-refractivity contribution in [2.45, 2.75) is 19.3 Å². The monoisotopic (exact) mass is 356 g/mol. The molecule has 0 bridgehead atoms. The van der Waals surface area contributed by atoms with Crippen LogP contribution in [0.25, 0.3) is 21.9 Å². The van der Waals surface area contributed by atoms with Gasteiger partial charge in [0.15, 0.2) is 0 Å². The lowest BCUT2D eigenvalue weighted by molar-refractivity contribution is -0.119. The highest BCUT2D eigenvalue weighted by Gasteiger charge is 2.61. The van der Waals surface area contributed by atoms with Crippen LogP contribution in [0, 0.1) is 18.7 Å². The van der Waals surface area contributed by atoms with Crippen molar-refractivity contribution >= 4 is 22.5 Å². The molecule has 1 amide bonds. The first kappa shape index (κ1) is 16.6. The Balaban J connectivity index is 1.62. The Morgan fingerprint density at radius 1 is 1.15 bits per heavy atom. The first-order valence-electron chi connectivity index (χ1n) is 8.18. The van der Waals surface area contributed by atoms with Gasteiger partial charge in [-0.2, -0.15) is 0 Å². The lowest BCUT2D eigenvalue weighted by atomic mass is 9.98. The van der Waals surface area contributed by atoms with E-state index in [2.05, 4.69) is 10.3 Å². The van der Waals surface area contributed by atoms with Crippen molar-refractivity contribution in [3.63, 3.8) is 0 Å². The fraction of sp³-hybridized carbons (Fsp3) is 0.200. The van der Waals surface area contributed by atoms with E-state index in [4.69, 9.17) is 0 Å². The fourth-order valence-corrected chi connectivity index (χ4v) is 2.99. The van der Waals surface area contributed by atoms with E-state index in [1.54, 1.807) is 18.3 Å². The van der Waals surface area contributed by atoms with Crippen LogP contribution < -0.4 is 5.32 Å². The van der Waals surface area contributed by atoms with Crippen molar-refractivity contribution in [2.75, 3.05) is 5.32 Å². The number of hydrogen-bond donors (Lipinski definition) is 1. The van der Waals surface area contributed by atoms with Crippen molar-refractivity contribution in [2.24, 2.45) is 5.92 Å². The van der Waals surface area contributed by atoms with Crippen molar-refractivity contribution in [1.29, 1.82) is 0 Å². The summed E-state index contributed by atoms with van der Waals surface area (Å²) in [6, 6.07) is 11.8. The van der Waals surface area contributed by atoms with Gasteiger partial charge in [0.1, 0.15) is 17.6 Å². The van der Waals surface area contributed by atoms with E-state index in [9.17, 15) is 18.0 Å². The van der Waals surface area contributed by atoms with Crippen LogP contribution in [-0.2, 0) is 4.79 Å². The van der Waals surface area contributed by atoms with Gasteiger partial charge in [-0.1, -0.05) is 18.2 Å². The molecule has 1 N–H and O–H groups in total. The maximum Gasteiger partial charge on any atom is 0.260 e. The van der Waals surface area contributed by atoms with Gasteiger partial charge in [-0.05, 0) is 53.3 Å². The third-order valence-corrected chi connectivity index (χ3v) is 4.63. The van der Waals surface area contributed by atoms with Gasteiger partial charge in [-0.25, -0.2) is 18.2 Å². The van der Waals surface area contributed by atoms with Gasteiger partial charge in [0.2, 0.25) is 5.91 Å². The molecular weight excluding hydrogens is 341 g/mol. The normalized spacial score (nSPS) is 17.9. The average Bonchev–Trinajstić information content (AvgIpc) is 3.25. The molecule has 3 nitrogen and oxygen atoms in total. The highest BCUT2D eigenvalue weighted by atomic mass is 19.3. The van der Waals surface area contributed by atoms with Gasteiger partial charge in [-0.3, -0.25) is 4.79 Å². The Morgan fingerprint density at radius 2 is 1.92 bits per heavy atom. The molecule has 1 saturated carbocycles. The van der Waals surface area contributed by atoms with Gasteiger partial charge in [0.05, 0.1) is 0 Å². The number of pyridine rings is 1. The Hall–Kier alpha value is -2.89. The fourth-order valence-electron chi connectivity index (χ4n) is 2.99. The first-order chi connectivity index (χ1) is 12.3. The predicted molar refractivity (Wildman–Crippen MR) is 93.6 cm³/mol. The number of halogens is 3. The van der Waals surface area contributed by atoms with Crippen molar-refractivity contribution < 1.29 is 18.0 Å². The van der Waals surface area contributed by atoms with Crippen LogP contribution in [0.5, 0.6) is 0 Å². The van der Waals surface area contributed by atoms with Crippen molar-refractivity contribution in [3.8, 4) is 11.1 Å². The largest absolute Gasteiger partial charge is 0.310 e. The first-order valence-corrected chi connectivity index (χ1v) is 8.18. The van der Waals surface area contributed by atoms with Gasteiger partial charge < -0.3 is 5.32 Å². The van der Waals surface area contributed by atoms with Crippen LogP contribution in [0.3, 0.4) is 0 Å². The summed E-state index contributed by atoms with van der Waals surface area (Å²) < 4.78 is 39.5. The van der Waals surface area contributed by atoms with Crippen LogP contribution in [-0.4, -0.2) is 16.8 Å². The number of hydrogen-bond acceptors (Lipinski definition) is 2. The number of amides is 1. The molecule has 6 heteroatoms. The van der Waals surface area contributed by atoms with Gasteiger partial charge >= 0.3 is 0 Å². The van der Waals surface area contributed by atoms with Crippen molar-refractivity contribution in [1.82, 2.24) is 4.98 Å². The molecule has 2 aromatic carbocycles. The number of aryl methyl sites for hydroxylation is 1. The van der Waals surface area contributed by atoms with Crippen LogP contribution in [0.15, 0.2) is 48.7 Å². The molecule has 4 rings (SSSR count). The van der Waals surface area contributed by atoms with E-state index in [1.165, 1.54) is 12.1 Å². The number of benzene rings is 2. The number of anilines is 1. The molecule has 1 aliphatic carbocycles. The topological polar surface area (TPSA) is 42.0 Å². The standard InChI is InChI=1S/C20H15F3N2O/c1-11-2-5-15(21)8-16(11)13-4-3-12-7-18(24-10-14(12)6-13)25-19(26)17-9-20(17,22)23/h2-8,10,17H,9H2,1H3,(H,24,25,26)/t17-/m1/s1. The van der Waals surface area contributed by atoms with Crippen LogP contribution >= 0.6 is 0 Å². The summed E-state index contributed by atoms with van der Waals surface area (Å²) in [6.45, 7) is 1.91. The summed E-state index contributed by atoms with van der Waals surface area (Å²) in [5.41, 5.74) is 2.60. The number of carbonyl (C=O) groups is 1. The van der Waals surface area contributed by atoms with Crippen LogP contribution in [0.4, 0.5) is 19.0 Å². The molecule has 0 saturated heterocycles. The van der Waals surface area contributed by atoms with Gasteiger partial charge in [0.25, 0.3) is 5.92 Å². The molecule has 3 aromatic rings. The summed E-state index contributed by atoms with van der Waals surface area (Å²) in [4.78, 5) is 15.9. The minimum absolute atomic E-state index is 0.236. The Bertz CT molecular complexity index is 1030. The van der Waals surface area contributed by atoms with E-state index >= 15 is 0 Å². The summed E-state index contributed by atoms with van der Waals surface area (Å²) in [5, 5.41) is 4.04. The zero-order valence-corrected chi connectivity index (χ0v) is 13.9. The molecule has 1 aliphatic rings. The maximum absolute atomic E-state index is 13.5. The van der Waals surface area contributed by atoms with E-state index in [0.29, 0.717) is 0 Å². The number of nitrogens with one attached hydrogen (secondary N) is 1. The van der Waals surface area contributed by atoms with E-state index < -0.39 is 24.2 Å². The molecule has 0 spiro atoms. The van der Waals surface area contributed by atoms with Crippen LogP contribution in [0.2, 0.25) is 0 Å². The highest BCUT2D eigenvalue weighted by Crippen LogP contribution is 2.49. The minimum Gasteiger partial charge on any atom is -0.310 e. The summed E-state index contributed by atoms with van der Waals surface area (Å²) in [7, 11) is 0. The Kier molecular flexibility index (Phi) is 3.72. The van der Waals surface area contributed by atoms with E-state index in [0.717, 1.165) is 27.5 Å². The number of nitrogens with zero attached hydrogens (tertiary/aromatic N) is 1. The molecule has 0 radical (unpaired) electrons. The molecule has 1 fully saturated rings. The second-order valence-electron chi connectivity index (χ2n) is 6.60.